The Morgan fingerprint density at radius 1 is 1.00 bits per heavy atom. The number of pyridine rings is 1. The van der Waals surface area contributed by atoms with Crippen LogP contribution in [0.4, 0.5) is 0 Å². The maximum absolute atomic E-state index is 12.6. The second-order valence-corrected chi connectivity index (χ2v) is 10.2. The Morgan fingerprint density at radius 2 is 1.68 bits per heavy atom. The summed E-state index contributed by atoms with van der Waals surface area (Å²) < 4.78 is 54.7. The van der Waals surface area contributed by atoms with Gasteiger partial charge >= 0.3 is 0 Å². The van der Waals surface area contributed by atoms with Gasteiger partial charge in [-0.05, 0) is 41.3 Å². The molecule has 0 spiro atoms. The summed E-state index contributed by atoms with van der Waals surface area (Å²) in [7, 11) is -6.97. The second-order valence-electron chi connectivity index (χ2n) is 6.02. The van der Waals surface area contributed by atoms with E-state index in [-0.39, 0.29) is 0 Å². The second kappa shape index (κ2) is 7.61. The fourth-order valence-corrected chi connectivity index (χ4v) is 6.13. The SMILES string of the molecule is COc1ccc(/C=C/S(=O)(=O)CS(=O)(=O)c2cc3ccccc3[nH]c2=O)cc1. The molecule has 0 atom stereocenters. The van der Waals surface area contributed by atoms with Crippen molar-refractivity contribution in [3.05, 3.63) is 75.9 Å². The molecule has 1 aromatic heterocycles. The molecule has 146 valence electrons. The van der Waals surface area contributed by atoms with E-state index in [0.717, 1.165) is 5.41 Å². The number of aromatic amines is 1. The Balaban J connectivity index is 1.89. The standard InChI is InChI=1S/C19H17NO6S2/c1-26-16-8-6-14(7-9-16)10-11-27(22,23)13-28(24,25)18-12-15-4-2-3-5-17(15)20-19(18)21/h2-12H,13H2,1H3,(H,20,21)/b11-10+. The molecule has 2 aromatic carbocycles. The number of ether oxygens (including phenoxy) is 1. The molecular weight excluding hydrogens is 402 g/mol. The lowest BCUT2D eigenvalue weighted by molar-refractivity contribution is 0.415. The van der Waals surface area contributed by atoms with Crippen LogP contribution in [0.5, 0.6) is 5.75 Å². The van der Waals surface area contributed by atoms with Crippen LogP contribution in [0.15, 0.2) is 69.7 Å². The highest BCUT2D eigenvalue weighted by Gasteiger charge is 2.25. The zero-order chi connectivity index (χ0) is 20.4. The third-order valence-corrected chi connectivity index (χ3v) is 8.04. The van der Waals surface area contributed by atoms with Crippen LogP contribution >= 0.6 is 0 Å². The number of fused-ring (bicyclic) bond motifs is 1. The van der Waals surface area contributed by atoms with E-state index in [1.54, 1.807) is 48.5 Å². The van der Waals surface area contributed by atoms with E-state index < -0.39 is 35.2 Å². The third-order valence-electron chi connectivity index (χ3n) is 3.96. The maximum atomic E-state index is 12.6. The summed E-state index contributed by atoms with van der Waals surface area (Å²) in [6.07, 6.45) is 1.29. The van der Waals surface area contributed by atoms with Crippen molar-refractivity contribution in [2.75, 3.05) is 12.2 Å². The van der Waals surface area contributed by atoms with Crippen LogP contribution < -0.4 is 10.3 Å². The normalized spacial score (nSPS) is 12.5. The molecule has 1 heterocycles. The number of methoxy groups -OCH3 is 1. The van der Waals surface area contributed by atoms with E-state index in [4.69, 9.17) is 4.74 Å². The Hall–Kier alpha value is -2.91. The molecule has 9 heteroatoms. The van der Waals surface area contributed by atoms with Gasteiger partial charge in [0.05, 0.1) is 7.11 Å². The fraction of sp³-hybridized carbons (Fsp3) is 0.105. The molecule has 0 radical (unpaired) electrons. The molecule has 0 saturated heterocycles. The number of hydrogen-bond donors (Lipinski definition) is 1. The molecule has 1 N–H and O–H groups in total. The number of benzene rings is 2. The highest BCUT2D eigenvalue weighted by molar-refractivity contribution is 8.09. The Kier molecular flexibility index (Phi) is 5.39. The quantitative estimate of drug-likeness (QED) is 0.657. The topological polar surface area (TPSA) is 110 Å². The van der Waals surface area contributed by atoms with Gasteiger partial charge in [0.15, 0.2) is 24.8 Å². The molecule has 0 saturated carbocycles. The van der Waals surface area contributed by atoms with E-state index in [9.17, 15) is 21.6 Å². The predicted molar refractivity (Wildman–Crippen MR) is 108 cm³/mol. The molecule has 0 aliphatic carbocycles. The number of para-hydroxylation sites is 1. The Labute approximate surface area is 162 Å². The van der Waals surface area contributed by atoms with Gasteiger partial charge in [-0.2, -0.15) is 0 Å². The summed E-state index contributed by atoms with van der Waals surface area (Å²) >= 11 is 0. The monoisotopic (exact) mass is 419 g/mol. The minimum Gasteiger partial charge on any atom is -0.497 e. The molecule has 0 bridgehead atoms. The largest absolute Gasteiger partial charge is 0.497 e. The average Bonchev–Trinajstić information content (AvgIpc) is 2.65. The first-order valence-electron chi connectivity index (χ1n) is 8.10. The minimum absolute atomic E-state index is 0.466. The van der Waals surface area contributed by atoms with Crippen molar-refractivity contribution in [1.29, 1.82) is 0 Å². The van der Waals surface area contributed by atoms with Crippen LogP contribution in [-0.4, -0.2) is 34.0 Å². The number of aromatic nitrogens is 1. The number of hydrogen-bond acceptors (Lipinski definition) is 6. The summed E-state index contributed by atoms with van der Waals surface area (Å²) in [6.45, 7) is 0. The zero-order valence-electron chi connectivity index (χ0n) is 14.8. The van der Waals surface area contributed by atoms with E-state index in [1.165, 1.54) is 19.3 Å². The van der Waals surface area contributed by atoms with Gasteiger partial charge in [0.2, 0.25) is 0 Å². The lowest BCUT2D eigenvalue weighted by Gasteiger charge is -2.05. The van der Waals surface area contributed by atoms with Crippen molar-refractivity contribution in [2.24, 2.45) is 0 Å². The highest BCUT2D eigenvalue weighted by Crippen LogP contribution is 2.17. The molecule has 28 heavy (non-hydrogen) atoms. The van der Waals surface area contributed by atoms with Crippen molar-refractivity contribution in [2.45, 2.75) is 4.90 Å². The molecule has 0 aliphatic rings. The summed E-state index contributed by atoms with van der Waals surface area (Å²) in [4.78, 5) is 14.0. The van der Waals surface area contributed by atoms with Crippen LogP contribution in [-0.2, 0) is 19.7 Å². The molecule has 0 unspecified atom stereocenters. The summed E-state index contributed by atoms with van der Waals surface area (Å²) in [5.41, 5.74) is 0.173. The lowest BCUT2D eigenvalue weighted by atomic mass is 10.2. The zero-order valence-corrected chi connectivity index (χ0v) is 16.5. The Morgan fingerprint density at radius 3 is 2.36 bits per heavy atom. The van der Waals surface area contributed by atoms with Crippen molar-refractivity contribution >= 4 is 36.7 Å². The molecule has 3 rings (SSSR count). The fourth-order valence-electron chi connectivity index (χ4n) is 2.57. The number of rotatable bonds is 6. The predicted octanol–water partition coefficient (Wildman–Crippen LogP) is 2.35. The minimum atomic E-state index is -4.36. The smallest absolute Gasteiger partial charge is 0.267 e. The van der Waals surface area contributed by atoms with Crippen molar-refractivity contribution in [3.8, 4) is 5.75 Å². The molecule has 7 nitrogen and oxygen atoms in total. The highest BCUT2D eigenvalue weighted by atomic mass is 32.3. The van der Waals surface area contributed by atoms with Gasteiger partial charge in [-0.3, -0.25) is 4.79 Å². The third kappa shape index (κ3) is 4.49. The van der Waals surface area contributed by atoms with Crippen molar-refractivity contribution in [3.63, 3.8) is 0 Å². The molecule has 3 aromatic rings. The van der Waals surface area contributed by atoms with Crippen molar-refractivity contribution in [1.82, 2.24) is 4.98 Å². The van der Waals surface area contributed by atoms with Crippen LogP contribution in [0, 0.1) is 0 Å². The number of sulfone groups is 2. The van der Waals surface area contributed by atoms with Gasteiger partial charge < -0.3 is 9.72 Å². The lowest BCUT2D eigenvalue weighted by Crippen LogP contribution is -2.22. The number of nitrogens with one attached hydrogen (secondary N) is 1. The molecule has 0 fully saturated rings. The first-order chi connectivity index (χ1) is 13.2. The van der Waals surface area contributed by atoms with Crippen LogP contribution in [0.25, 0.3) is 17.0 Å². The van der Waals surface area contributed by atoms with Gasteiger partial charge in [-0.25, -0.2) is 16.8 Å². The average molecular weight is 419 g/mol. The molecule has 0 aliphatic heterocycles. The van der Waals surface area contributed by atoms with Crippen molar-refractivity contribution < 1.29 is 21.6 Å². The molecule has 0 amide bonds. The van der Waals surface area contributed by atoms with Crippen LogP contribution in [0.1, 0.15) is 5.56 Å². The first kappa shape index (κ1) is 19.8. The first-order valence-corrected chi connectivity index (χ1v) is 11.5. The van der Waals surface area contributed by atoms with E-state index in [1.807, 2.05) is 0 Å². The Bertz CT molecular complexity index is 1300. The van der Waals surface area contributed by atoms with Gasteiger partial charge in [0, 0.05) is 10.9 Å². The maximum Gasteiger partial charge on any atom is 0.267 e. The summed E-state index contributed by atoms with van der Waals surface area (Å²) in [5.74, 6) is 0.609. The summed E-state index contributed by atoms with van der Waals surface area (Å²) in [6, 6.07) is 14.4. The molecular formula is C19H17NO6S2. The van der Waals surface area contributed by atoms with E-state index in [0.29, 0.717) is 22.2 Å². The number of H-pyrrole nitrogens is 1. The van der Waals surface area contributed by atoms with Gasteiger partial charge in [-0.1, -0.05) is 30.3 Å². The van der Waals surface area contributed by atoms with Gasteiger partial charge in [0.1, 0.15) is 10.6 Å². The van der Waals surface area contributed by atoms with Gasteiger partial charge in [0.25, 0.3) is 5.56 Å². The van der Waals surface area contributed by atoms with Crippen LogP contribution in [0.2, 0.25) is 0 Å². The van der Waals surface area contributed by atoms with E-state index >= 15 is 0 Å². The van der Waals surface area contributed by atoms with Crippen LogP contribution in [0.3, 0.4) is 0 Å². The summed E-state index contributed by atoms with van der Waals surface area (Å²) in [5, 5.41) is 0.113. The van der Waals surface area contributed by atoms with E-state index in [2.05, 4.69) is 4.98 Å². The van der Waals surface area contributed by atoms with Gasteiger partial charge in [-0.15, -0.1) is 0 Å².